The van der Waals surface area contributed by atoms with Gasteiger partial charge in [0, 0.05) is 12.6 Å². The maximum absolute atomic E-state index is 13.0. The average molecular weight is 453 g/mol. The van der Waals surface area contributed by atoms with Gasteiger partial charge in [-0.3, -0.25) is 9.10 Å². The van der Waals surface area contributed by atoms with Gasteiger partial charge in [0.25, 0.3) is 15.9 Å². The van der Waals surface area contributed by atoms with E-state index in [2.05, 4.69) is 5.32 Å². The fourth-order valence-electron chi connectivity index (χ4n) is 3.51. The van der Waals surface area contributed by atoms with Gasteiger partial charge in [-0.2, -0.15) is 0 Å². The number of amides is 1. The second-order valence-corrected chi connectivity index (χ2v) is 9.47. The first-order chi connectivity index (χ1) is 15.3. The fraction of sp³-hybridized carbons (Fsp3) is 0.240. The Morgan fingerprint density at radius 1 is 1.03 bits per heavy atom. The van der Waals surface area contributed by atoms with Crippen LogP contribution in [0.1, 0.15) is 40.9 Å². The van der Waals surface area contributed by atoms with E-state index in [1.54, 1.807) is 61.7 Å². The van der Waals surface area contributed by atoms with Gasteiger partial charge in [0.15, 0.2) is 0 Å². The lowest BCUT2D eigenvalue weighted by Crippen LogP contribution is -2.29. The third-order valence-electron chi connectivity index (χ3n) is 5.41. The highest BCUT2D eigenvalue weighted by atomic mass is 32.2. The predicted octanol–water partition coefficient (Wildman–Crippen LogP) is 4.71. The van der Waals surface area contributed by atoms with Crippen LogP contribution in [0, 0.1) is 6.92 Å². The van der Waals surface area contributed by atoms with E-state index in [4.69, 9.17) is 4.74 Å². The number of hydrogen-bond acceptors (Lipinski definition) is 4. The van der Waals surface area contributed by atoms with Crippen molar-refractivity contribution in [1.82, 2.24) is 5.32 Å². The zero-order valence-electron chi connectivity index (χ0n) is 18.7. The first kappa shape index (κ1) is 23.3. The van der Waals surface area contributed by atoms with Crippen LogP contribution in [0.2, 0.25) is 0 Å². The molecule has 0 heterocycles. The molecule has 7 heteroatoms. The van der Waals surface area contributed by atoms with Crippen molar-refractivity contribution in [2.45, 2.75) is 31.2 Å². The molecule has 0 spiro atoms. The summed E-state index contributed by atoms with van der Waals surface area (Å²) in [6.07, 6.45) is 0.708. The number of methoxy groups -OCH3 is 1. The average Bonchev–Trinajstić information content (AvgIpc) is 2.82. The summed E-state index contributed by atoms with van der Waals surface area (Å²) in [5, 5.41) is 3.05. The monoisotopic (exact) mass is 452 g/mol. The van der Waals surface area contributed by atoms with Crippen molar-refractivity contribution in [3.8, 4) is 5.75 Å². The van der Waals surface area contributed by atoms with Crippen LogP contribution in [-0.2, 0) is 10.0 Å². The molecule has 0 aliphatic rings. The van der Waals surface area contributed by atoms with Crippen molar-refractivity contribution in [3.63, 3.8) is 0 Å². The molecule has 0 aromatic heterocycles. The summed E-state index contributed by atoms with van der Waals surface area (Å²) in [6, 6.07) is 20.5. The number of aryl methyl sites for hydroxylation is 1. The summed E-state index contributed by atoms with van der Waals surface area (Å²) in [5.41, 5.74) is 2.78. The molecule has 0 fully saturated rings. The highest BCUT2D eigenvalue weighted by Gasteiger charge is 2.22. The molecule has 0 aliphatic heterocycles. The lowest BCUT2D eigenvalue weighted by Gasteiger charge is -2.21. The van der Waals surface area contributed by atoms with Crippen molar-refractivity contribution in [3.05, 3.63) is 89.5 Å². The molecule has 0 aliphatic carbocycles. The summed E-state index contributed by atoms with van der Waals surface area (Å²) in [7, 11) is -0.618. The Hall–Kier alpha value is -3.32. The molecular weight excluding hydrogens is 424 g/mol. The smallest absolute Gasteiger partial charge is 0.264 e. The van der Waals surface area contributed by atoms with E-state index in [0.29, 0.717) is 17.7 Å². The van der Waals surface area contributed by atoms with Crippen LogP contribution in [0.15, 0.2) is 77.7 Å². The van der Waals surface area contributed by atoms with Crippen LogP contribution >= 0.6 is 0 Å². The third-order valence-corrected chi connectivity index (χ3v) is 7.21. The SMILES string of the molecule is CCC(NC(=O)c1cccc(N(C)S(=O)(=O)c2ccccc2)c1)c1ccc(OC)c(C)c1. The summed E-state index contributed by atoms with van der Waals surface area (Å²) in [6.45, 7) is 3.96. The normalized spacial score (nSPS) is 12.1. The van der Waals surface area contributed by atoms with E-state index < -0.39 is 10.0 Å². The van der Waals surface area contributed by atoms with Gasteiger partial charge in [-0.05, 0) is 60.9 Å². The lowest BCUT2D eigenvalue weighted by molar-refractivity contribution is 0.0935. The Morgan fingerprint density at radius 3 is 2.38 bits per heavy atom. The molecule has 1 amide bonds. The van der Waals surface area contributed by atoms with E-state index in [9.17, 15) is 13.2 Å². The Balaban J connectivity index is 1.82. The molecule has 3 rings (SSSR count). The lowest BCUT2D eigenvalue weighted by atomic mass is 10.0. The fourth-order valence-corrected chi connectivity index (χ4v) is 4.72. The Kier molecular flexibility index (Phi) is 7.20. The number of hydrogen-bond donors (Lipinski definition) is 1. The summed E-state index contributed by atoms with van der Waals surface area (Å²) >= 11 is 0. The van der Waals surface area contributed by atoms with E-state index in [0.717, 1.165) is 16.9 Å². The van der Waals surface area contributed by atoms with Crippen molar-refractivity contribution < 1.29 is 17.9 Å². The summed E-state index contributed by atoms with van der Waals surface area (Å²) in [5.74, 6) is 0.531. The minimum atomic E-state index is -3.73. The van der Waals surface area contributed by atoms with Gasteiger partial charge >= 0.3 is 0 Å². The van der Waals surface area contributed by atoms with Crippen molar-refractivity contribution in [1.29, 1.82) is 0 Å². The maximum atomic E-state index is 13.0. The molecule has 3 aromatic carbocycles. The predicted molar refractivity (Wildman–Crippen MR) is 127 cm³/mol. The topological polar surface area (TPSA) is 75.7 Å². The zero-order chi connectivity index (χ0) is 23.3. The Bertz CT molecular complexity index is 1190. The van der Waals surface area contributed by atoms with Gasteiger partial charge in [0.2, 0.25) is 0 Å². The summed E-state index contributed by atoms with van der Waals surface area (Å²) < 4.78 is 32.3. The minimum absolute atomic E-state index is 0.179. The van der Waals surface area contributed by atoms with Crippen LogP contribution < -0.4 is 14.4 Å². The number of nitrogens with one attached hydrogen (secondary N) is 1. The molecule has 1 atom stereocenters. The number of sulfonamides is 1. The largest absolute Gasteiger partial charge is 0.496 e. The van der Waals surface area contributed by atoms with Gasteiger partial charge in [-0.15, -0.1) is 0 Å². The quantitative estimate of drug-likeness (QED) is 0.537. The molecular formula is C25H28N2O4S. The van der Waals surface area contributed by atoms with E-state index in [1.807, 2.05) is 32.0 Å². The van der Waals surface area contributed by atoms with E-state index in [-0.39, 0.29) is 16.8 Å². The second-order valence-electron chi connectivity index (χ2n) is 7.50. The number of nitrogens with zero attached hydrogens (tertiary/aromatic N) is 1. The van der Waals surface area contributed by atoms with Crippen LogP contribution in [-0.4, -0.2) is 28.5 Å². The Labute approximate surface area is 189 Å². The van der Waals surface area contributed by atoms with Crippen molar-refractivity contribution in [2.75, 3.05) is 18.5 Å². The number of benzene rings is 3. The molecule has 1 unspecified atom stereocenters. The highest BCUT2D eigenvalue weighted by molar-refractivity contribution is 7.92. The molecule has 0 saturated heterocycles. The molecule has 32 heavy (non-hydrogen) atoms. The molecule has 0 bridgehead atoms. The number of anilines is 1. The maximum Gasteiger partial charge on any atom is 0.264 e. The molecule has 3 aromatic rings. The zero-order valence-corrected chi connectivity index (χ0v) is 19.5. The van der Waals surface area contributed by atoms with Crippen molar-refractivity contribution in [2.24, 2.45) is 0 Å². The number of carbonyl (C=O) groups excluding carboxylic acids is 1. The molecule has 168 valence electrons. The van der Waals surface area contributed by atoms with E-state index in [1.165, 1.54) is 11.4 Å². The third kappa shape index (κ3) is 4.94. The van der Waals surface area contributed by atoms with Crippen LogP contribution in [0.5, 0.6) is 5.75 Å². The van der Waals surface area contributed by atoms with Gasteiger partial charge in [0.05, 0.1) is 23.7 Å². The van der Waals surface area contributed by atoms with Crippen LogP contribution in [0.3, 0.4) is 0 Å². The molecule has 0 saturated carbocycles. The van der Waals surface area contributed by atoms with Gasteiger partial charge in [-0.25, -0.2) is 8.42 Å². The van der Waals surface area contributed by atoms with Gasteiger partial charge in [0.1, 0.15) is 5.75 Å². The first-order valence-electron chi connectivity index (χ1n) is 10.4. The van der Waals surface area contributed by atoms with Crippen LogP contribution in [0.4, 0.5) is 5.69 Å². The number of rotatable bonds is 8. The van der Waals surface area contributed by atoms with Gasteiger partial charge in [-0.1, -0.05) is 43.3 Å². The number of carbonyl (C=O) groups is 1. The molecule has 6 nitrogen and oxygen atoms in total. The Morgan fingerprint density at radius 2 is 1.75 bits per heavy atom. The number of ether oxygens (including phenoxy) is 1. The first-order valence-corrected chi connectivity index (χ1v) is 11.8. The summed E-state index contributed by atoms with van der Waals surface area (Å²) in [4.78, 5) is 13.2. The standard InChI is InChI=1S/C25H28N2O4S/c1-5-23(19-14-15-24(31-4)18(2)16-19)26-25(28)20-10-9-11-21(17-20)27(3)32(29,30)22-12-7-6-8-13-22/h6-17,23H,5H2,1-4H3,(H,26,28). The molecule has 1 N–H and O–H groups in total. The molecule has 0 radical (unpaired) electrons. The minimum Gasteiger partial charge on any atom is -0.496 e. The van der Waals surface area contributed by atoms with E-state index >= 15 is 0 Å². The van der Waals surface area contributed by atoms with Gasteiger partial charge < -0.3 is 10.1 Å². The second kappa shape index (κ2) is 9.87. The highest BCUT2D eigenvalue weighted by Crippen LogP contribution is 2.26. The van der Waals surface area contributed by atoms with Crippen molar-refractivity contribution >= 4 is 21.6 Å². The van der Waals surface area contributed by atoms with Crippen LogP contribution in [0.25, 0.3) is 0 Å².